The number of H-pyrrole nitrogens is 1. The lowest BCUT2D eigenvalue weighted by Gasteiger charge is -2.22. The van der Waals surface area contributed by atoms with E-state index < -0.39 is 0 Å². The molecular formula is C30H33N7O. The van der Waals surface area contributed by atoms with Crippen LogP contribution in [0, 0.1) is 0 Å². The molecule has 0 fully saturated rings. The molecule has 1 N–H and O–H groups in total. The minimum absolute atomic E-state index is 0.0400. The van der Waals surface area contributed by atoms with Gasteiger partial charge in [0.25, 0.3) is 0 Å². The number of para-hydroxylation sites is 1. The highest BCUT2D eigenvalue weighted by Gasteiger charge is 2.21. The van der Waals surface area contributed by atoms with Crippen LogP contribution in [0.25, 0.3) is 28.2 Å². The number of benzene rings is 2. The Balaban J connectivity index is 1.50. The summed E-state index contributed by atoms with van der Waals surface area (Å²) in [5, 5.41) is 14.3. The third-order valence-electron chi connectivity index (χ3n) is 6.80. The molecule has 0 aliphatic rings. The number of nitrogens with zero attached hydrogens (tertiary/aromatic N) is 6. The molecule has 0 bridgehead atoms. The van der Waals surface area contributed by atoms with Crippen molar-refractivity contribution in [1.29, 1.82) is 0 Å². The van der Waals surface area contributed by atoms with E-state index in [0.29, 0.717) is 12.4 Å². The zero-order valence-corrected chi connectivity index (χ0v) is 22.3. The molecular weight excluding hydrogens is 474 g/mol. The number of aromatic nitrogens is 7. The summed E-state index contributed by atoms with van der Waals surface area (Å²) in [6.45, 7) is 9.11. The van der Waals surface area contributed by atoms with Crippen molar-refractivity contribution in [3.05, 3.63) is 100 Å². The van der Waals surface area contributed by atoms with Crippen LogP contribution in [0.2, 0.25) is 0 Å². The van der Waals surface area contributed by atoms with Gasteiger partial charge in [0.1, 0.15) is 0 Å². The largest absolute Gasteiger partial charge is 0.333 e. The summed E-state index contributed by atoms with van der Waals surface area (Å²) in [6, 6.07) is 20.1. The van der Waals surface area contributed by atoms with E-state index in [0.717, 1.165) is 58.6 Å². The molecule has 8 nitrogen and oxygen atoms in total. The standard InChI is InChI=1S/C30H33N7O/c1-5-6-11-23-20-37(27-15-10-9-14-26(27)30(2,3)4)29(38)36(23)19-22-17-16-21(18-31-22)24-12-7-8-13-25(24)28-32-34-35-33-28/h7-10,12-18,20H,5-6,11,19H2,1-4H3,(H,32,33,34,35). The molecule has 0 saturated heterocycles. The van der Waals surface area contributed by atoms with E-state index in [1.807, 2.05) is 76.1 Å². The zero-order chi connectivity index (χ0) is 26.7. The fourth-order valence-corrected chi connectivity index (χ4v) is 4.80. The minimum Gasteiger partial charge on any atom is -0.290 e. The van der Waals surface area contributed by atoms with Crippen LogP contribution < -0.4 is 5.69 Å². The van der Waals surface area contributed by atoms with Crippen LogP contribution in [0.3, 0.4) is 0 Å². The maximum absolute atomic E-state index is 13.8. The van der Waals surface area contributed by atoms with Crippen LogP contribution in [-0.4, -0.2) is 34.7 Å². The summed E-state index contributed by atoms with van der Waals surface area (Å²) in [4.78, 5) is 18.5. The summed E-state index contributed by atoms with van der Waals surface area (Å²) in [5.74, 6) is 0.605. The maximum atomic E-state index is 13.8. The summed E-state index contributed by atoms with van der Waals surface area (Å²) >= 11 is 0. The first-order valence-electron chi connectivity index (χ1n) is 13.1. The van der Waals surface area contributed by atoms with Gasteiger partial charge in [-0.25, -0.2) is 9.89 Å². The zero-order valence-electron chi connectivity index (χ0n) is 22.3. The molecule has 0 atom stereocenters. The summed E-state index contributed by atoms with van der Waals surface area (Å²) in [5.41, 5.74) is 6.64. The molecule has 5 aromatic rings. The van der Waals surface area contributed by atoms with Gasteiger partial charge in [-0.1, -0.05) is 82.6 Å². The van der Waals surface area contributed by atoms with Crippen molar-refractivity contribution in [2.75, 3.05) is 0 Å². The lowest BCUT2D eigenvalue weighted by molar-refractivity contribution is 0.584. The van der Waals surface area contributed by atoms with Crippen LogP contribution in [0.5, 0.6) is 0 Å². The first kappa shape index (κ1) is 25.3. The second-order valence-corrected chi connectivity index (χ2v) is 10.6. The lowest BCUT2D eigenvalue weighted by Crippen LogP contribution is -2.27. The predicted octanol–water partition coefficient (Wildman–Crippen LogP) is 5.57. The van der Waals surface area contributed by atoms with Gasteiger partial charge in [-0.2, -0.15) is 0 Å². The van der Waals surface area contributed by atoms with E-state index in [2.05, 4.69) is 54.4 Å². The van der Waals surface area contributed by atoms with Gasteiger partial charge < -0.3 is 0 Å². The van der Waals surface area contributed by atoms with Gasteiger partial charge in [0.2, 0.25) is 0 Å². The van der Waals surface area contributed by atoms with Crippen molar-refractivity contribution in [2.45, 2.75) is 58.9 Å². The van der Waals surface area contributed by atoms with Crippen molar-refractivity contribution >= 4 is 0 Å². The van der Waals surface area contributed by atoms with Crippen LogP contribution in [-0.2, 0) is 18.4 Å². The number of nitrogens with one attached hydrogen (secondary N) is 1. The highest BCUT2D eigenvalue weighted by atomic mass is 16.1. The Kier molecular flexibility index (Phi) is 7.05. The number of hydrogen-bond acceptors (Lipinski definition) is 5. The molecule has 0 aliphatic heterocycles. The third-order valence-corrected chi connectivity index (χ3v) is 6.80. The van der Waals surface area contributed by atoms with E-state index in [1.54, 1.807) is 0 Å². The van der Waals surface area contributed by atoms with E-state index in [4.69, 9.17) is 4.98 Å². The Bertz CT molecular complexity index is 1570. The molecule has 38 heavy (non-hydrogen) atoms. The molecule has 3 aromatic heterocycles. The Hall–Kier alpha value is -4.33. The number of unbranched alkanes of at least 4 members (excludes halogenated alkanes) is 1. The molecule has 0 amide bonds. The summed E-state index contributed by atoms with van der Waals surface area (Å²) in [6.07, 6.45) is 6.78. The first-order chi connectivity index (χ1) is 18.4. The Labute approximate surface area is 222 Å². The predicted molar refractivity (Wildman–Crippen MR) is 149 cm³/mol. The second-order valence-electron chi connectivity index (χ2n) is 10.6. The van der Waals surface area contributed by atoms with E-state index in [1.165, 1.54) is 0 Å². The number of aryl methyl sites for hydroxylation is 1. The fraction of sp³-hybridized carbons (Fsp3) is 0.300. The molecule has 0 spiro atoms. The van der Waals surface area contributed by atoms with E-state index in [9.17, 15) is 4.79 Å². The van der Waals surface area contributed by atoms with Crippen molar-refractivity contribution in [1.82, 2.24) is 34.7 Å². The molecule has 5 rings (SSSR count). The van der Waals surface area contributed by atoms with Crippen molar-refractivity contribution in [3.8, 4) is 28.2 Å². The average Bonchev–Trinajstić information content (AvgIpc) is 3.56. The summed E-state index contributed by atoms with van der Waals surface area (Å²) in [7, 11) is 0. The van der Waals surface area contributed by atoms with Gasteiger partial charge in [0.15, 0.2) is 5.82 Å². The minimum atomic E-state index is -0.0861. The molecule has 0 saturated carbocycles. The quantitative estimate of drug-likeness (QED) is 0.296. The van der Waals surface area contributed by atoms with Crippen molar-refractivity contribution in [3.63, 3.8) is 0 Å². The SMILES string of the molecule is CCCCc1cn(-c2ccccc2C(C)(C)C)c(=O)n1Cc1ccc(-c2ccccc2-c2nnn[nH]2)cn1. The Morgan fingerprint density at radius 1 is 0.947 bits per heavy atom. The molecule has 0 aliphatic carbocycles. The van der Waals surface area contributed by atoms with Gasteiger partial charge in [-0.15, -0.1) is 5.10 Å². The van der Waals surface area contributed by atoms with Crippen LogP contribution >= 0.6 is 0 Å². The maximum Gasteiger partial charge on any atom is 0.333 e. The van der Waals surface area contributed by atoms with Crippen molar-refractivity contribution < 1.29 is 0 Å². The number of pyridine rings is 1. The normalized spacial score (nSPS) is 11.7. The van der Waals surface area contributed by atoms with Gasteiger partial charge >= 0.3 is 5.69 Å². The number of tetrazole rings is 1. The highest BCUT2D eigenvalue weighted by Crippen LogP contribution is 2.30. The molecule has 2 aromatic carbocycles. The van der Waals surface area contributed by atoms with E-state index >= 15 is 0 Å². The average molecular weight is 508 g/mol. The topological polar surface area (TPSA) is 94.3 Å². The smallest absolute Gasteiger partial charge is 0.290 e. The van der Waals surface area contributed by atoms with Crippen molar-refractivity contribution in [2.24, 2.45) is 0 Å². The van der Waals surface area contributed by atoms with Gasteiger partial charge in [0, 0.05) is 29.2 Å². The van der Waals surface area contributed by atoms with Gasteiger partial charge in [-0.05, 0) is 51.9 Å². The molecule has 8 heteroatoms. The molecule has 3 heterocycles. The van der Waals surface area contributed by atoms with Crippen LogP contribution in [0.1, 0.15) is 57.5 Å². The Morgan fingerprint density at radius 3 is 2.39 bits per heavy atom. The van der Waals surface area contributed by atoms with Gasteiger partial charge in [0.05, 0.1) is 17.9 Å². The molecule has 0 radical (unpaired) electrons. The Morgan fingerprint density at radius 2 is 1.71 bits per heavy atom. The number of rotatable bonds is 8. The number of imidazole rings is 1. The molecule has 0 unspecified atom stereocenters. The third kappa shape index (κ3) is 5.07. The van der Waals surface area contributed by atoms with Crippen LogP contribution in [0.15, 0.2) is 77.9 Å². The second kappa shape index (κ2) is 10.6. The fourth-order valence-electron chi connectivity index (χ4n) is 4.80. The highest BCUT2D eigenvalue weighted by molar-refractivity contribution is 5.79. The first-order valence-corrected chi connectivity index (χ1v) is 13.1. The van der Waals surface area contributed by atoms with Gasteiger partial charge in [-0.3, -0.25) is 14.1 Å². The molecule has 194 valence electrons. The number of aromatic amines is 1. The van der Waals surface area contributed by atoms with Crippen LogP contribution in [0.4, 0.5) is 0 Å². The monoisotopic (exact) mass is 507 g/mol. The lowest BCUT2D eigenvalue weighted by atomic mass is 9.86. The van der Waals surface area contributed by atoms with E-state index in [-0.39, 0.29) is 11.1 Å². The number of hydrogen-bond donors (Lipinski definition) is 1. The summed E-state index contributed by atoms with van der Waals surface area (Å²) < 4.78 is 3.67.